The van der Waals surface area contributed by atoms with E-state index in [0.717, 1.165) is 32.4 Å². The fourth-order valence-corrected chi connectivity index (χ4v) is 2.99. The second-order valence-electron chi connectivity index (χ2n) is 6.90. The lowest BCUT2D eigenvalue weighted by Gasteiger charge is -2.29. The SMILES string of the molecule is CCOC(CCN1CCC(C(C)(C)C)CCC1=O)OCC. The van der Waals surface area contributed by atoms with Crippen molar-refractivity contribution in [2.45, 2.75) is 66.6 Å². The molecular weight excluding hydrogens is 266 g/mol. The molecule has 0 radical (unpaired) electrons. The van der Waals surface area contributed by atoms with E-state index >= 15 is 0 Å². The maximum atomic E-state index is 12.3. The van der Waals surface area contributed by atoms with Crippen LogP contribution in [0.25, 0.3) is 0 Å². The van der Waals surface area contributed by atoms with Gasteiger partial charge in [0.2, 0.25) is 5.91 Å². The molecule has 1 amide bonds. The minimum atomic E-state index is -0.186. The molecule has 0 aliphatic carbocycles. The summed E-state index contributed by atoms with van der Waals surface area (Å²) in [5.41, 5.74) is 0.287. The zero-order valence-corrected chi connectivity index (χ0v) is 14.5. The maximum Gasteiger partial charge on any atom is 0.222 e. The molecule has 0 spiro atoms. The highest BCUT2D eigenvalue weighted by Gasteiger charge is 2.30. The molecule has 1 fully saturated rings. The Bertz CT molecular complexity index is 306. The summed E-state index contributed by atoms with van der Waals surface area (Å²) in [6.45, 7) is 13.7. The minimum absolute atomic E-state index is 0.186. The molecule has 1 unspecified atom stereocenters. The first kappa shape index (κ1) is 18.4. The predicted octanol–water partition coefficient (Wildman–Crippen LogP) is 3.45. The van der Waals surface area contributed by atoms with E-state index < -0.39 is 0 Å². The van der Waals surface area contributed by atoms with Crippen LogP contribution in [0.1, 0.15) is 60.3 Å². The first-order valence-electron chi connectivity index (χ1n) is 8.39. The third-order valence-electron chi connectivity index (χ3n) is 4.37. The van der Waals surface area contributed by atoms with Crippen molar-refractivity contribution >= 4 is 5.91 Å². The Labute approximate surface area is 130 Å². The van der Waals surface area contributed by atoms with E-state index in [-0.39, 0.29) is 17.6 Å². The second kappa shape index (κ2) is 8.74. The molecule has 0 bridgehead atoms. The highest BCUT2D eigenvalue weighted by atomic mass is 16.7. The number of carbonyl (C=O) groups excluding carboxylic acids is 1. The number of likely N-dealkylation sites (tertiary alicyclic amines) is 1. The predicted molar refractivity (Wildman–Crippen MR) is 85.0 cm³/mol. The summed E-state index contributed by atoms with van der Waals surface area (Å²) in [6.07, 6.45) is 3.36. The topological polar surface area (TPSA) is 38.8 Å². The van der Waals surface area contributed by atoms with Crippen molar-refractivity contribution < 1.29 is 14.3 Å². The van der Waals surface area contributed by atoms with Gasteiger partial charge < -0.3 is 14.4 Å². The van der Waals surface area contributed by atoms with Crippen molar-refractivity contribution in [3.63, 3.8) is 0 Å². The lowest BCUT2D eigenvalue weighted by atomic mass is 9.77. The number of rotatable bonds is 7. The van der Waals surface area contributed by atoms with E-state index in [9.17, 15) is 4.79 Å². The van der Waals surface area contributed by atoms with Crippen LogP contribution >= 0.6 is 0 Å². The van der Waals surface area contributed by atoms with E-state index in [0.29, 0.717) is 25.6 Å². The lowest BCUT2D eigenvalue weighted by Crippen LogP contribution is -2.34. The minimum Gasteiger partial charge on any atom is -0.353 e. The summed E-state index contributed by atoms with van der Waals surface area (Å²) in [6, 6.07) is 0. The molecule has 0 saturated carbocycles. The zero-order valence-electron chi connectivity index (χ0n) is 14.5. The Morgan fingerprint density at radius 2 is 1.81 bits per heavy atom. The van der Waals surface area contributed by atoms with Gasteiger partial charge in [-0.05, 0) is 38.0 Å². The van der Waals surface area contributed by atoms with Gasteiger partial charge >= 0.3 is 0 Å². The third kappa shape index (κ3) is 6.35. The van der Waals surface area contributed by atoms with Gasteiger partial charge in [-0.25, -0.2) is 0 Å². The van der Waals surface area contributed by atoms with Gasteiger partial charge in [0, 0.05) is 39.1 Å². The van der Waals surface area contributed by atoms with E-state index in [1.807, 2.05) is 18.7 Å². The van der Waals surface area contributed by atoms with Gasteiger partial charge in [-0.1, -0.05) is 20.8 Å². The Balaban J connectivity index is 2.49. The highest BCUT2D eigenvalue weighted by Crippen LogP contribution is 2.34. The van der Waals surface area contributed by atoms with Gasteiger partial charge in [0.25, 0.3) is 0 Å². The first-order chi connectivity index (χ1) is 9.88. The molecule has 0 N–H and O–H groups in total. The first-order valence-corrected chi connectivity index (χ1v) is 8.39. The summed E-state index contributed by atoms with van der Waals surface area (Å²) in [4.78, 5) is 14.3. The van der Waals surface area contributed by atoms with Crippen LogP contribution in [0, 0.1) is 11.3 Å². The Kier molecular flexibility index (Phi) is 7.67. The average Bonchev–Trinajstić information content (AvgIpc) is 2.58. The number of amides is 1. The van der Waals surface area contributed by atoms with Crippen LogP contribution in [0.4, 0.5) is 0 Å². The van der Waals surface area contributed by atoms with E-state index in [2.05, 4.69) is 20.8 Å². The number of hydrogen-bond acceptors (Lipinski definition) is 3. The molecule has 1 aliphatic rings. The molecule has 0 aromatic heterocycles. The summed E-state index contributed by atoms with van der Waals surface area (Å²) >= 11 is 0. The fourth-order valence-electron chi connectivity index (χ4n) is 2.99. The monoisotopic (exact) mass is 299 g/mol. The summed E-state index contributed by atoms with van der Waals surface area (Å²) in [5, 5.41) is 0. The van der Waals surface area contributed by atoms with Gasteiger partial charge in [-0.15, -0.1) is 0 Å². The van der Waals surface area contributed by atoms with E-state index in [1.165, 1.54) is 0 Å². The Hall–Kier alpha value is -0.610. The molecule has 124 valence electrons. The van der Waals surface area contributed by atoms with Crippen molar-refractivity contribution in [1.29, 1.82) is 0 Å². The quantitative estimate of drug-likeness (QED) is 0.676. The number of ether oxygens (including phenoxy) is 2. The summed E-state index contributed by atoms with van der Waals surface area (Å²) in [5.74, 6) is 0.912. The van der Waals surface area contributed by atoms with E-state index in [4.69, 9.17) is 9.47 Å². The van der Waals surface area contributed by atoms with Gasteiger partial charge in [0.1, 0.15) is 0 Å². The maximum absolute atomic E-state index is 12.3. The molecule has 1 heterocycles. The molecule has 1 aliphatic heterocycles. The molecule has 1 atom stereocenters. The van der Waals surface area contributed by atoms with E-state index in [1.54, 1.807) is 0 Å². The second-order valence-corrected chi connectivity index (χ2v) is 6.90. The molecule has 0 aromatic rings. The van der Waals surface area contributed by atoms with Gasteiger partial charge in [-0.2, -0.15) is 0 Å². The molecule has 1 saturated heterocycles. The van der Waals surface area contributed by atoms with Crippen molar-refractivity contribution in [2.24, 2.45) is 11.3 Å². The average molecular weight is 299 g/mol. The van der Waals surface area contributed by atoms with Crippen LogP contribution < -0.4 is 0 Å². The van der Waals surface area contributed by atoms with Crippen LogP contribution in [0.5, 0.6) is 0 Å². The normalized spacial score (nSPS) is 21.0. The van der Waals surface area contributed by atoms with Gasteiger partial charge in [0.15, 0.2) is 6.29 Å². The van der Waals surface area contributed by atoms with Crippen LogP contribution in [0.2, 0.25) is 0 Å². The largest absolute Gasteiger partial charge is 0.353 e. The van der Waals surface area contributed by atoms with Crippen molar-refractivity contribution in [3.8, 4) is 0 Å². The molecule has 1 rings (SSSR count). The molecular formula is C17H33NO3. The Morgan fingerprint density at radius 1 is 1.19 bits per heavy atom. The number of nitrogens with zero attached hydrogens (tertiary/aromatic N) is 1. The number of hydrogen-bond donors (Lipinski definition) is 0. The summed E-state index contributed by atoms with van der Waals surface area (Å²) < 4.78 is 11.1. The Morgan fingerprint density at radius 3 is 2.33 bits per heavy atom. The van der Waals surface area contributed by atoms with Crippen molar-refractivity contribution in [3.05, 3.63) is 0 Å². The smallest absolute Gasteiger partial charge is 0.222 e. The van der Waals surface area contributed by atoms with Crippen LogP contribution in [-0.4, -0.2) is 43.4 Å². The highest BCUT2D eigenvalue weighted by molar-refractivity contribution is 5.76. The molecule has 4 nitrogen and oxygen atoms in total. The van der Waals surface area contributed by atoms with Crippen LogP contribution in [0.15, 0.2) is 0 Å². The third-order valence-corrected chi connectivity index (χ3v) is 4.37. The number of carbonyl (C=O) groups is 1. The van der Waals surface area contributed by atoms with Crippen molar-refractivity contribution in [2.75, 3.05) is 26.3 Å². The molecule has 21 heavy (non-hydrogen) atoms. The fraction of sp³-hybridized carbons (Fsp3) is 0.941. The van der Waals surface area contributed by atoms with Gasteiger partial charge in [-0.3, -0.25) is 4.79 Å². The standard InChI is InChI=1S/C17H33NO3/c1-6-20-16(21-7-2)11-13-18-12-10-14(17(3,4)5)8-9-15(18)19/h14,16H,6-13H2,1-5H3. The van der Waals surface area contributed by atoms with Gasteiger partial charge in [0.05, 0.1) is 0 Å². The van der Waals surface area contributed by atoms with Crippen molar-refractivity contribution in [1.82, 2.24) is 4.90 Å². The molecule has 4 heteroatoms. The molecule has 0 aromatic carbocycles. The zero-order chi connectivity index (χ0) is 15.9. The van der Waals surface area contributed by atoms with Crippen LogP contribution in [-0.2, 0) is 14.3 Å². The van der Waals surface area contributed by atoms with Crippen LogP contribution in [0.3, 0.4) is 0 Å². The lowest BCUT2D eigenvalue weighted by molar-refractivity contribution is -0.146. The summed E-state index contributed by atoms with van der Waals surface area (Å²) in [7, 11) is 0.